The lowest BCUT2D eigenvalue weighted by atomic mass is 10.2. The van der Waals surface area contributed by atoms with Crippen LogP contribution in [-0.4, -0.2) is 47.8 Å². The number of benzene rings is 2. The lowest BCUT2D eigenvalue weighted by molar-refractivity contribution is -0.121. The fourth-order valence-corrected chi connectivity index (χ4v) is 3.99. The van der Waals surface area contributed by atoms with Crippen molar-refractivity contribution in [3.8, 4) is 5.75 Å². The molecule has 0 bridgehead atoms. The molecule has 0 atom stereocenters. The van der Waals surface area contributed by atoms with Crippen molar-refractivity contribution in [3.63, 3.8) is 0 Å². The second kappa shape index (κ2) is 14.0. The summed E-state index contributed by atoms with van der Waals surface area (Å²) in [7, 11) is 1.61. The Kier molecular flexibility index (Phi) is 10.5. The molecule has 198 valence electrons. The largest absolute Gasteiger partial charge is 0.492 e. The summed E-state index contributed by atoms with van der Waals surface area (Å²) in [5, 5.41) is 5.96. The van der Waals surface area contributed by atoms with Gasteiger partial charge in [-0.1, -0.05) is 24.3 Å². The maximum absolute atomic E-state index is 13.3. The number of para-hydroxylation sites is 3. The molecule has 1 aromatic heterocycles. The minimum Gasteiger partial charge on any atom is -0.492 e. The van der Waals surface area contributed by atoms with Crippen LogP contribution in [0.3, 0.4) is 0 Å². The van der Waals surface area contributed by atoms with Gasteiger partial charge in [0.05, 0.1) is 23.2 Å². The minimum atomic E-state index is -0.569. The number of carbonyl (C=O) groups excluding carboxylic acids is 2. The topological polar surface area (TPSA) is 121 Å². The average Bonchev–Trinajstić information content (AvgIpc) is 2.90. The Hall–Kier alpha value is -3.92. The Morgan fingerprint density at radius 2 is 1.68 bits per heavy atom. The highest BCUT2D eigenvalue weighted by Crippen LogP contribution is 2.23. The number of nitrogens with one attached hydrogen (secondary N) is 2. The Morgan fingerprint density at radius 1 is 0.919 bits per heavy atom. The van der Waals surface area contributed by atoms with Crippen molar-refractivity contribution >= 4 is 28.4 Å². The summed E-state index contributed by atoms with van der Waals surface area (Å²) in [6.45, 7) is 3.28. The molecule has 0 unspecified atom stereocenters. The molecule has 2 amide bonds. The zero-order chi connectivity index (χ0) is 26.6. The number of nitrogens with zero attached hydrogens (tertiary/aromatic N) is 2. The number of anilines is 1. The van der Waals surface area contributed by atoms with Gasteiger partial charge in [0.15, 0.2) is 0 Å². The van der Waals surface area contributed by atoms with E-state index in [0.29, 0.717) is 61.4 Å². The fraction of sp³-hybridized carbons (Fsp3) is 0.407. The van der Waals surface area contributed by atoms with Crippen LogP contribution in [0.15, 0.2) is 58.1 Å². The molecule has 0 spiro atoms. The molecule has 0 aliphatic carbocycles. The second-order valence-electron chi connectivity index (χ2n) is 8.47. The van der Waals surface area contributed by atoms with Crippen LogP contribution in [0.25, 0.3) is 10.9 Å². The number of amides is 2. The molecule has 3 aromatic rings. The summed E-state index contributed by atoms with van der Waals surface area (Å²) in [6, 6.07) is 13.8. The van der Waals surface area contributed by atoms with Crippen molar-refractivity contribution in [3.05, 3.63) is 69.4 Å². The molecule has 0 saturated carbocycles. The summed E-state index contributed by atoms with van der Waals surface area (Å²) >= 11 is 0. The van der Waals surface area contributed by atoms with Crippen molar-refractivity contribution in [2.75, 3.05) is 32.2 Å². The molecule has 10 nitrogen and oxygen atoms in total. The summed E-state index contributed by atoms with van der Waals surface area (Å²) < 4.78 is 13.0. The minimum absolute atomic E-state index is 0.0802. The van der Waals surface area contributed by atoms with Crippen molar-refractivity contribution in [1.82, 2.24) is 14.5 Å². The number of fused-ring (bicyclic) bond motifs is 1. The molecule has 1 heterocycles. The van der Waals surface area contributed by atoms with Gasteiger partial charge in [-0.15, -0.1) is 0 Å². The van der Waals surface area contributed by atoms with Crippen LogP contribution in [0.4, 0.5) is 5.69 Å². The molecule has 10 heteroatoms. The summed E-state index contributed by atoms with van der Waals surface area (Å²) in [4.78, 5) is 51.3. The number of hydrogen-bond acceptors (Lipinski definition) is 6. The lowest BCUT2D eigenvalue weighted by Crippen LogP contribution is -2.41. The van der Waals surface area contributed by atoms with E-state index in [4.69, 9.17) is 9.47 Å². The van der Waals surface area contributed by atoms with E-state index < -0.39 is 17.2 Å². The number of methoxy groups -OCH3 is 1. The van der Waals surface area contributed by atoms with Crippen molar-refractivity contribution in [2.24, 2.45) is 0 Å². The van der Waals surface area contributed by atoms with E-state index in [0.717, 1.165) is 11.0 Å². The van der Waals surface area contributed by atoms with E-state index in [1.165, 1.54) is 4.57 Å². The van der Waals surface area contributed by atoms with Crippen LogP contribution in [0, 0.1) is 0 Å². The van der Waals surface area contributed by atoms with Gasteiger partial charge in [-0.25, -0.2) is 4.79 Å². The van der Waals surface area contributed by atoms with Crippen LogP contribution >= 0.6 is 0 Å². The molecule has 0 saturated heterocycles. The van der Waals surface area contributed by atoms with Crippen molar-refractivity contribution in [1.29, 1.82) is 0 Å². The highest BCUT2D eigenvalue weighted by molar-refractivity contribution is 5.93. The number of carbonyl (C=O) groups is 2. The molecule has 2 aromatic carbocycles. The first-order valence-corrected chi connectivity index (χ1v) is 12.5. The first-order chi connectivity index (χ1) is 18.0. The van der Waals surface area contributed by atoms with Gasteiger partial charge < -0.3 is 20.1 Å². The third-order valence-corrected chi connectivity index (χ3v) is 5.78. The first-order valence-electron chi connectivity index (χ1n) is 12.5. The molecular formula is C27H34N4O6. The Bertz CT molecular complexity index is 1330. The van der Waals surface area contributed by atoms with E-state index >= 15 is 0 Å². The van der Waals surface area contributed by atoms with Crippen molar-refractivity contribution in [2.45, 2.75) is 45.7 Å². The molecule has 0 aliphatic heterocycles. The monoisotopic (exact) mass is 510 g/mol. The van der Waals surface area contributed by atoms with Gasteiger partial charge in [0, 0.05) is 33.2 Å². The Morgan fingerprint density at radius 3 is 2.46 bits per heavy atom. The first kappa shape index (κ1) is 27.7. The van der Waals surface area contributed by atoms with Crippen LogP contribution in [0.1, 0.15) is 32.6 Å². The zero-order valence-corrected chi connectivity index (χ0v) is 21.3. The van der Waals surface area contributed by atoms with E-state index in [1.54, 1.807) is 55.6 Å². The summed E-state index contributed by atoms with van der Waals surface area (Å²) in [5.41, 5.74) is -0.0955. The second-order valence-corrected chi connectivity index (χ2v) is 8.47. The van der Waals surface area contributed by atoms with E-state index in [-0.39, 0.29) is 19.0 Å². The highest BCUT2D eigenvalue weighted by Gasteiger charge is 2.16. The number of unbranched alkanes of at least 4 members (excludes halogenated alkanes) is 1. The maximum Gasteiger partial charge on any atom is 0.331 e. The van der Waals surface area contributed by atoms with Gasteiger partial charge in [0.2, 0.25) is 11.8 Å². The van der Waals surface area contributed by atoms with Crippen LogP contribution in [0.5, 0.6) is 5.75 Å². The van der Waals surface area contributed by atoms with Gasteiger partial charge in [-0.05, 0) is 50.5 Å². The van der Waals surface area contributed by atoms with Crippen molar-refractivity contribution < 1.29 is 19.1 Å². The predicted octanol–water partition coefficient (Wildman–Crippen LogP) is 2.52. The van der Waals surface area contributed by atoms with Crippen LogP contribution in [0.2, 0.25) is 0 Å². The van der Waals surface area contributed by atoms with Crippen LogP contribution in [-0.2, 0) is 27.4 Å². The smallest absolute Gasteiger partial charge is 0.331 e. The standard InChI is InChI=1S/C27H34N4O6/c1-3-37-23-14-7-5-12-21(23)29-25(33)19-31-22-13-6-4-11-20(22)26(34)30(27(31)35)17-9-8-15-24(32)28-16-10-18-36-2/h4-7,11-14H,3,8-10,15-19H2,1-2H3,(H,28,32)(H,29,33). The highest BCUT2D eigenvalue weighted by atomic mass is 16.5. The normalized spacial score (nSPS) is 10.9. The molecular weight excluding hydrogens is 476 g/mol. The SMILES string of the molecule is CCOc1ccccc1NC(=O)Cn1c(=O)n(CCCCC(=O)NCCCOC)c(=O)c2ccccc21. The zero-order valence-electron chi connectivity index (χ0n) is 21.3. The van der Waals surface area contributed by atoms with E-state index in [1.807, 2.05) is 6.92 Å². The number of aromatic nitrogens is 2. The van der Waals surface area contributed by atoms with E-state index in [9.17, 15) is 19.2 Å². The van der Waals surface area contributed by atoms with Gasteiger partial charge >= 0.3 is 5.69 Å². The Labute approximate surface area is 215 Å². The number of hydrogen-bond donors (Lipinski definition) is 2. The molecule has 0 aliphatic rings. The lowest BCUT2D eigenvalue weighted by Gasteiger charge is -2.15. The average molecular weight is 511 g/mol. The van der Waals surface area contributed by atoms with Gasteiger partial charge in [-0.2, -0.15) is 0 Å². The molecule has 0 fully saturated rings. The predicted molar refractivity (Wildman–Crippen MR) is 142 cm³/mol. The fourth-order valence-electron chi connectivity index (χ4n) is 3.99. The van der Waals surface area contributed by atoms with Gasteiger partial charge in [-0.3, -0.25) is 23.5 Å². The third kappa shape index (κ3) is 7.53. The van der Waals surface area contributed by atoms with Gasteiger partial charge in [0.25, 0.3) is 5.56 Å². The van der Waals surface area contributed by atoms with E-state index in [2.05, 4.69) is 10.6 Å². The number of ether oxygens (including phenoxy) is 2. The molecule has 2 N–H and O–H groups in total. The molecule has 3 rings (SSSR count). The van der Waals surface area contributed by atoms with Crippen LogP contribution < -0.4 is 26.6 Å². The Balaban J connectivity index is 1.74. The number of rotatable bonds is 14. The molecule has 0 radical (unpaired) electrons. The third-order valence-electron chi connectivity index (χ3n) is 5.78. The quantitative estimate of drug-likeness (QED) is 0.322. The summed E-state index contributed by atoms with van der Waals surface area (Å²) in [6.07, 6.45) is 2.01. The summed E-state index contributed by atoms with van der Waals surface area (Å²) in [5.74, 6) is 0.0291. The van der Waals surface area contributed by atoms with Gasteiger partial charge in [0.1, 0.15) is 12.3 Å². The maximum atomic E-state index is 13.3. The molecule has 37 heavy (non-hydrogen) atoms.